The molecule has 0 atom stereocenters. The van der Waals surface area contributed by atoms with Crippen LogP contribution in [0.15, 0.2) is 12.1 Å². The fourth-order valence-electron chi connectivity index (χ4n) is 2.41. The van der Waals surface area contributed by atoms with Gasteiger partial charge < -0.3 is 15.1 Å². The summed E-state index contributed by atoms with van der Waals surface area (Å²) >= 11 is 0. The summed E-state index contributed by atoms with van der Waals surface area (Å²) < 4.78 is 0. The van der Waals surface area contributed by atoms with Gasteiger partial charge in [0.1, 0.15) is 5.82 Å². The van der Waals surface area contributed by atoms with Gasteiger partial charge in [0.15, 0.2) is 0 Å². The second-order valence-electron chi connectivity index (χ2n) is 6.36. The quantitative estimate of drug-likeness (QED) is 0.757. The van der Waals surface area contributed by atoms with Crippen molar-refractivity contribution in [3.05, 3.63) is 23.4 Å². The minimum Gasteiger partial charge on any atom is -0.355 e. The number of nitrogens with one attached hydrogen (secondary N) is 1. The van der Waals surface area contributed by atoms with Crippen LogP contribution in [-0.4, -0.2) is 49.7 Å². The summed E-state index contributed by atoms with van der Waals surface area (Å²) in [6, 6.07) is 5.17. The van der Waals surface area contributed by atoms with E-state index in [-0.39, 0.29) is 0 Å². The van der Waals surface area contributed by atoms with Crippen molar-refractivity contribution in [3.63, 3.8) is 0 Å². The van der Waals surface area contributed by atoms with Crippen LogP contribution in [0.5, 0.6) is 0 Å². The maximum Gasteiger partial charge on any atom is 0.128 e. The van der Waals surface area contributed by atoms with Gasteiger partial charge >= 0.3 is 0 Å². The molecular weight excluding hydrogens is 260 g/mol. The third kappa shape index (κ3) is 5.29. The van der Waals surface area contributed by atoms with Crippen molar-refractivity contribution in [1.82, 2.24) is 15.2 Å². The van der Waals surface area contributed by atoms with Gasteiger partial charge in [0.2, 0.25) is 0 Å². The molecule has 0 aromatic carbocycles. The standard InChI is InChI=1S/C17H30N4/c1-5-10-21(12-11-20(3)4)17-9-6-15(14(2)19-17)13-18-16-7-8-16/h6,9,16,18H,5,7-8,10-13H2,1-4H3. The number of nitrogens with zero attached hydrogens (tertiary/aromatic N) is 3. The first-order valence-electron chi connectivity index (χ1n) is 8.19. The fourth-order valence-corrected chi connectivity index (χ4v) is 2.41. The largest absolute Gasteiger partial charge is 0.355 e. The number of pyridine rings is 1. The van der Waals surface area contributed by atoms with E-state index in [0.29, 0.717) is 0 Å². The highest BCUT2D eigenvalue weighted by atomic mass is 15.2. The van der Waals surface area contributed by atoms with E-state index in [1.807, 2.05) is 0 Å². The first kappa shape index (κ1) is 16.2. The molecule has 1 aliphatic carbocycles. The molecule has 1 N–H and O–H groups in total. The minimum atomic E-state index is 0.751. The molecule has 2 rings (SSSR count). The molecular formula is C17H30N4. The molecule has 21 heavy (non-hydrogen) atoms. The molecule has 4 nitrogen and oxygen atoms in total. The zero-order valence-electron chi connectivity index (χ0n) is 14.0. The highest BCUT2D eigenvalue weighted by Crippen LogP contribution is 2.20. The molecule has 0 spiro atoms. The fraction of sp³-hybridized carbons (Fsp3) is 0.706. The van der Waals surface area contributed by atoms with E-state index < -0.39 is 0 Å². The number of hydrogen-bond donors (Lipinski definition) is 1. The first-order chi connectivity index (χ1) is 10.1. The molecule has 1 aromatic rings. The molecule has 0 unspecified atom stereocenters. The van der Waals surface area contributed by atoms with Crippen molar-refractivity contribution in [1.29, 1.82) is 0 Å². The molecule has 0 amide bonds. The maximum absolute atomic E-state index is 4.84. The lowest BCUT2D eigenvalue weighted by Crippen LogP contribution is -2.33. The Bertz CT molecular complexity index is 440. The smallest absolute Gasteiger partial charge is 0.128 e. The molecule has 0 aliphatic heterocycles. The molecule has 0 bridgehead atoms. The summed E-state index contributed by atoms with van der Waals surface area (Å²) in [5, 5.41) is 3.57. The summed E-state index contributed by atoms with van der Waals surface area (Å²) in [7, 11) is 4.24. The van der Waals surface area contributed by atoms with Crippen LogP contribution in [0.4, 0.5) is 5.82 Å². The van der Waals surface area contributed by atoms with E-state index in [0.717, 1.165) is 50.2 Å². The van der Waals surface area contributed by atoms with Gasteiger partial charge in [0, 0.05) is 37.9 Å². The lowest BCUT2D eigenvalue weighted by Gasteiger charge is -2.25. The van der Waals surface area contributed by atoms with Crippen LogP contribution < -0.4 is 10.2 Å². The van der Waals surface area contributed by atoms with Crippen LogP contribution in [0.3, 0.4) is 0 Å². The van der Waals surface area contributed by atoms with E-state index in [9.17, 15) is 0 Å². The van der Waals surface area contributed by atoms with Gasteiger partial charge in [-0.25, -0.2) is 4.98 Å². The molecule has 1 aromatic heterocycles. The van der Waals surface area contributed by atoms with Crippen molar-refractivity contribution < 1.29 is 0 Å². The third-order valence-corrected chi connectivity index (χ3v) is 3.97. The number of aromatic nitrogens is 1. The predicted octanol–water partition coefficient (Wildman–Crippen LogP) is 2.42. The SMILES string of the molecule is CCCN(CCN(C)C)c1ccc(CNC2CC2)c(C)n1. The van der Waals surface area contributed by atoms with Crippen molar-refractivity contribution in [2.24, 2.45) is 0 Å². The molecule has 1 fully saturated rings. The van der Waals surface area contributed by atoms with E-state index >= 15 is 0 Å². The molecule has 1 heterocycles. The maximum atomic E-state index is 4.84. The molecule has 118 valence electrons. The van der Waals surface area contributed by atoms with Gasteiger partial charge in [-0.2, -0.15) is 0 Å². The highest BCUT2D eigenvalue weighted by molar-refractivity contribution is 5.41. The van der Waals surface area contributed by atoms with E-state index in [1.54, 1.807) is 0 Å². The zero-order valence-corrected chi connectivity index (χ0v) is 14.0. The number of aryl methyl sites for hydroxylation is 1. The second kappa shape index (κ2) is 7.76. The Morgan fingerprint density at radius 2 is 1.95 bits per heavy atom. The van der Waals surface area contributed by atoms with Crippen LogP contribution in [0.25, 0.3) is 0 Å². The van der Waals surface area contributed by atoms with Crippen LogP contribution in [-0.2, 0) is 6.54 Å². The van der Waals surface area contributed by atoms with Crippen molar-refractivity contribution >= 4 is 5.82 Å². The topological polar surface area (TPSA) is 31.4 Å². The molecule has 0 saturated heterocycles. The summed E-state index contributed by atoms with van der Waals surface area (Å²) in [4.78, 5) is 9.46. The Morgan fingerprint density at radius 3 is 2.52 bits per heavy atom. The second-order valence-corrected chi connectivity index (χ2v) is 6.36. The number of likely N-dealkylation sites (N-methyl/N-ethyl adjacent to an activating group) is 1. The zero-order chi connectivity index (χ0) is 15.2. The van der Waals surface area contributed by atoms with Crippen molar-refractivity contribution in [2.75, 3.05) is 38.6 Å². The average molecular weight is 290 g/mol. The van der Waals surface area contributed by atoms with E-state index in [4.69, 9.17) is 4.98 Å². The summed E-state index contributed by atoms with van der Waals surface area (Å²) in [5.41, 5.74) is 2.49. The van der Waals surface area contributed by atoms with Gasteiger partial charge in [0.05, 0.1) is 0 Å². The Labute approximate surface area is 129 Å². The molecule has 4 heteroatoms. The van der Waals surface area contributed by atoms with Gasteiger partial charge in [0.25, 0.3) is 0 Å². The monoisotopic (exact) mass is 290 g/mol. The van der Waals surface area contributed by atoms with Crippen molar-refractivity contribution in [3.8, 4) is 0 Å². The minimum absolute atomic E-state index is 0.751. The van der Waals surface area contributed by atoms with Crippen LogP contribution in [0.1, 0.15) is 37.4 Å². The normalized spacial score (nSPS) is 14.7. The number of anilines is 1. The predicted molar refractivity (Wildman–Crippen MR) is 89.9 cm³/mol. The first-order valence-corrected chi connectivity index (χ1v) is 8.19. The van der Waals surface area contributed by atoms with E-state index in [2.05, 4.69) is 55.2 Å². The summed E-state index contributed by atoms with van der Waals surface area (Å²) in [6.07, 6.45) is 3.82. The molecule has 0 radical (unpaired) electrons. The van der Waals surface area contributed by atoms with Crippen LogP contribution in [0.2, 0.25) is 0 Å². The highest BCUT2D eigenvalue weighted by Gasteiger charge is 2.20. The summed E-state index contributed by atoms with van der Waals surface area (Å²) in [6.45, 7) is 8.47. The Kier molecular flexibility index (Phi) is 6.00. The lowest BCUT2D eigenvalue weighted by atomic mass is 10.2. The van der Waals surface area contributed by atoms with Gasteiger partial charge in [-0.1, -0.05) is 13.0 Å². The number of rotatable bonds is 9. The molecule has 1 saturated carbocycles. The average Bonchev–Trinajstić information content (AvgIpc) is 3.26. The van der Waals surface area contributed by atoms with Crippen molar-refractivity contribution in [2.45, 2.75) is 45.7 Å². The Morgan fingerprint density at radius 1 is 1.19 bits per heavy atom. The lowest BCUT2D eigenvalue weighted by molar-refractivity contribution is 0.412. The number of hydrogen-bond acceptors (Lipinski definition) is 4. The Hall–Kier alpha value is -1.13. The van der Waals surface area contributed by atoms with Crippen LogP contribution in [0, 0.1) is 6.92 Å². The third-order valence-electron chi connectivity index (χ3n) is 3.97. The van der Waals surface area contributed by atoms with Crippen LogP contribution >= 0.6 is 0 Å². The van der Waals surface area contributed by atoms with Gasteiger partial charge in [-0.3, -0.25) is 0 Å². The van der Waals surface area contributed by atoms with Gasteiger partial charge in [-0.05, 0) is 51.9 Å². The van der Waals surface area contributed by atoms with E-state index in [1.165, 1.54) is 18.4 Å². The van der Waals surface area contributed by atoms with Gasteiger partial charge in [-0.15, -0.1) is 0 Å². The molecule has 1 aliphatic rings. The Balaban J connectivity index is 1.99. The summed E-state index contributed by atoms with van der Waals surface area (Å²) in [5.74, 6) is 1.12.